The first-order valence-electron chi connectivity index (χ1n) is 7.87. The van der Waals surface area contributed by atoms with Gasteiger partial charge in [0.15, 0.2) is 0 Å². The Morgan fingerprint density at radius 2 is 2.00 bits per heavy atom. The fourth-order valence-electron chi connectivity index (χ4n) is 3.06. The average molecular weight is 344 g/mol. The number of aromatic nitrogens is 2. The van der Waals surface area contributed by atoms with Gasteiger partial charge in [0.2, 0.25) is 0 Å². The Labute approximate surface area is 144 Å². The zero-order valence-electron chi connectivity index (χ0n) is 13.5. The summed E-state index contributed by atoms with van der Waals surface area (Å²) in [6.45, 7) is 1.38. The first-order chi connectivity index (χ1) is 11.6. The van der Waals surface area contributed by atoms with E-state index in [1.165, 1.54) is 0 Å². The Balaban J connectivity index is 1.66. The summed E-state index contributed by atoms with van der Waals surface area (Å²) in [5.74, 6) is -0.176. The van der Waals surface area contributed by atoms with Crippen molar-refractivity contribution in [3.63, 3.8) is 0 Å². The van der Waals surface area contributed by atoms with E-state index in [-0.39, 0.29) is 17.5 Å². The molecule has 126 valence electrons. The highest BCUT2D eigenvalue weighted by molar-refractivity contribution is 7.98. The molecule has 0 unspecified atom stereocenters. The lowest BCUT2D eigenvalue weighted by atomic mass is 9.93. The van der Waals surface area contributed by atoms with E-state index in [1.807, 2.05) is 35.4 Å². The van der Waals surface area contributed by atoms with Crippen LogP contribution in [0.25, 0.3) is 0 Å². The summed E-state index contributed by atoms with van der Waals surface area (Å²) < 4.78 is 0. The highest BCUT2D eigenvalue weighted by Crippen LogP contribution is 2.29. The number of likely N-dealkylation sites (tertiary alicyclic amines) is 1. The van der Waals surface area contributed by atoms with E-state index in [0.29, 0.717) is 13.1 Å². The van der Waals surface area contributed by atoms with Crippen LogP contribution < -0.4 is 5.73 Å². The molecule has 1 aromatic heterocycles. The molecule has 2 heterocycles. The number of carbonyl (C=O) groups excluding carboxylic acids is 2. The maximum atomic E-state index is 12.7. The van der Waals surface area contributed by atoms with E-state index in [0.717, 1.165) is 29.0 Å². The fourth-order valence-corrected chi connectivity index (χ4v) is 3.65. The van der Waals surface area contributed by atoms with Crippen molar-refractivity contribution in [3.05, 3.63) is 47.3 Å². The molecule has 6 nitrogen and oxygen atoms in total. The monoisotopic (exact) mass is 344 g/mol. The first kappa shape index (κ1) is 16.6. The average Bonchev–Trinajstić information content (AvgIpc) is 3.11. The minimum atomic E-state index is -0.529. The summed E-state index contributed by atoms with van der Waals surface area (Å²) in [7, 11) is 0. The van der Waals surface area contributed by atoms with Gasteiger partial charge in [-0.1, -0.05) is 12.1 Å². The predicted molar refractivity (Wildman–Crippen MR) is 93.2 cm³/mol. The van der Waals surface area contributed by atoms with Crippen LogP contribution in [0, 0.1) is 0 Å². The second-order valence-corrected chi connectivity index (χ2v) is 6.69. The number of nitrogens with one attached hydrogen (secondary N) is 1. The molecule has 1 aliphatic rings. The van der Waals surface area contributed by atoms with Gasteiger partial charge < -0.3 is 10.6 Å². The van der Waals surface area contributed by atoms with Crippen LogP contribution in [0.5, 0.6) is 0 Å². The Morgan fingerprint density at radius 3 is 2.62 bits per heavy atom. The smallest absolute Gasteiger partial charge is 0.269 e. The molecule has 3 rings (SSSR count). The summed E-state index contributed by atoms with van der Waals surface area (Å²) in [6, 6.07) is 9.42. The molecular formula is C17H20N4O2S. The number of rotatable bonds is 4. The van der Waals surface area contributed by atoms with Gasteiger partial charge in [-0.05, 0) is 37.3 Å². The van der Waals surface area contributed by atoms with Crippen molar-refractivity contribution in [1.82, 2.24) is 15.1 Å². The molecule has 0 radical (unpaired) electrons. The van der Waals surface area contributed by atoms with Gasteiger partial charge >= 0.3 is 0 Å². The third kappa shape index (κ3) is 3.31. The van der Waals surface area contributed by atoms with Crippen LogP contribution in [0.1, 0.15) is 45.3 Å². The lowest BCUT2D eigenvalue weighted by Gasteiger charge is -2.32. The Kier molecular flexibility index (Phi) is 4.89. The van der Waals surface area contributed by atoms with Gasteiger partial charge in [-0.15, -0.1) is 11.8 Å². The fraction of sp³-hybridized carbons (Fsp3) is 0.353. The van der Waals surface area contributed by atoms with E-state index in [1.54, 1.807) is 17.8 Å². The van der Waals surface area contributed by atoms with Crippen LogP contribution in [0.4, 0.5) is 0 Å². The lowest BCUT2D eigenvalue weighted by Crippen LogP contribution is -2.38. The molecule has 7 heteroatoms. The Hall–Kier alpha value is -2.28. The SMILES string of the molecule is CSc1ccccc1C(=O)N1CCC(c2cc(C(N)=O)n[nH]2)CC1. The molecule has 0 bridgehead atoms. The second-order valence-electron chi connectivity index (χ2n) is 5.84. The van der Waals surface area contributed by atoms with E-state index in [4.69, 9.17) is 5.73 Å². The molecule has 1 aliphatic heterocycles. The predicted octanol–water partition coefficient (Wildman–Crippen LogP) is 2.25. The minimum absolute atomic E-state index is 0.0841. The van der Waals surface area contributed by atoms with E-state index in [9.17, 15) is 9.59 Å². The highest BCUT2D eigenvalue weighted by atomic mass is 32.2. The lowest BCUT2D eigenvalue weighted by molar-refractivity contribution is 0.0708. The van der Waals surface area contributed by atoms with Gasteiger partial charge in [0.05, 0.1) is 5.56 Å². The summed E-state index contributed by atoms with van der Waals surface area (Å²) in [6.07, 6.45) is 3.66. The van der Waals surface area contributed by atoms with E-state index in [2.05, 4.69) is 10.2 Å². The van der Waals surface area contributed by atoms with E-state index < -0.39 is 5.91 Å². The number of aromatic amines is 1. The third-order valence-corrected chi connectivity index (χ3v) is 5.21. The van der Waals surface area contributed by atoms with Gasteiger partial charge in [-0.2, -0.15) is 5.10 Å². The Morgan fingerprint density at radius 1 is 1.29 bits per heavy atom. The van der Waals surface area contributed by atoms with Gasteiger partial charge in [0, 0.05) is 29.6 Å². The number of benzene rings is 1. The molecule has 0 atom stereocenters. The van der Waals surface area contributed by atoms with E-state index >= 15 is 0 Å². The summed E-state index contributed by atoms with van der Waals surface area (Å²) in [5.41, 5.74) is 7.18. The van der Waals surface area contributed by atoms with Crippen LogP contribution in [-0.2, 0) is 0 Å². The van der Waals surface area contributed by atoms with Crippen LogP contribution in [-0.4, -0.2) is 46.3 Å². The van der Waals surface area contributed by atoms with Gasteiger partial charge in [0.1, 0.15) is 5.69 Å². The molecule has 24 heavy (non-hydrogen) atoms. The van der Waals surface area contributed by atoms with Crippen molar-refractivity contribution in [2.75, 3.05) is 19.3 Å². The number of primary amides is 1. The zero-order chi connectivity index (χ0) is 17.1. The number of H-pyrrole nitrogens is 1. The number of carbonyl (C=O) groups is 2. The standard InChI is InChI=1S/C17H20N4O2S/c1-24-15-5-3-2-4-12(15)17(23)21-8-6-11(7-9-21)13-10-14(16(18)22)20-19-13/h2-5,10-11H,6-9H2,1H3,(H2,18,22)(H,19,20). The molecule has 1 fully saturated rings. The summed E-state index contributed by atoms with van der Waals surface area (Å²) in [4.78, 5) is 26.8. The molecule has 2 aromatic rings. The van der Waals surface area contributed by atoms with Crippen molar-refractivity contribution in [3.8, 4) is 0 Å². The second kappa shape index (κ2) is 7.09. The molecule has 3 N–H and O–H groups in total. The number of hydrogen-bond donors (Lipinski definition) is 2. The number of nitrogens with two attached hydrogens (primary N) is 1. The normalized spacial score (nSPS) is 15.5. The van der Waals surface area contributed by atoms with Crippen molar-refractivity contribution in [2.24, 2.45) is 5.73 Å². The summed E-state index contributed by atoms with van der Waals surface area (Å²) >= 11 is 1.59. The number of piperidine rings is 1. The number of nitrogens with zero attached hydrogens (tertiary/aromatic N) is 2. The van der Waals surface area contributed by atoms with Crippen LogP contribution in [0.3, 0.4) is 0 Å². The van der Waals surface area contributed by atoms with Crippen LogP contribution in [0.2, 0.25) is 0 Å². The van der Waals surface area contributed by atoms with Gasteiger partial charge in [-0.3, -0.25) is 14.7 Å². The third-order valence-electron chi connectivity index (χ3n) is 4.41. The zero-order valence-corrected chi connectivity index (χ0v) is 14.3. The van der Waals surface area contributed by atoms with Crippen LogP contribution in [0.15, 0.2) is 35.2 Å². The highest BCUT2D eigenvalue weighted by Gasteiger charge is 2.27. The molecule has 0 saturated carbocycles. The molecule has 0 aliphatic carbocycles. The molecule has 2 amide bonds. The maximum Gasteiger partial charge on any atom is 0.269 e. The first-order valence-corrected chi connectivity index (χ1v) is 9.10. The van der Waals surface area contributed by atoms with Gasteiger partial charge in [-0.25, -0.2) is 0 Å². The Bertz CT molecular complexity index is 751. The molecular weight excluding hydrogens is 324 g/mol. The largest absolute Gasteiger partial charge is 0.364 e. The molecule has 1 saturated heterocycles. The number of thioether (sulfide) groups is 1. The minimum Gasteiger partial charge on any atom is -0.364 e. The van der Waals surface area contributed by atoms with Crippen molar-refractivity contribution in [1.29, 1.82) is 0 Å². The van der Waals surface area contributed by atoms with Gasteiger partial charge in [0.25, 0.3) is 11.8 Å². The van der Waals surface area contributed by atoms with Crippen molar-refractivity contribution >= 4 is 23.6 Å². The van der Waals surface area contributed by atoms with Crippen LogP contribution >= 0.6 is 11.8 Å². The maximum absolute atomic E-state index is 12.7. The summed E-state index contributed by atoms with van der Waals surface area (Å²) in [5, 5.41) is 6.83. The van der Waals surface area contributed by atoms with Crippen molar-refractivity contribution < 1.29 is 9.59 Å². The topological polar surface area (TPSA) is 92.1 Å². The van der Waals surface area contributed by atoms with Crippen molar-refractivity contribution in [2.45, 2.75) is 23.7 Å². The molecule has 0 spiro atoms. The number of amides is 2. The quantitative estimate of drug-likeness (QED) is 0.832. The number of hydrogen-bond acceptors (Lipinski definition) is 4. The molecule has 1 aromatic carbocycles.